The molecule has 0 unspecified atom stereocenters. The van der Waals surface area contributed by atoms with Crippen LogP contribution in [0.15, 0.2) is 36.4 Å². The van der Waals surface area contributed by atoms with E-state index in [2.05, 4.69) is 6.92 Å². The highest BCUT2D eigenvalue weighted by molar-refractivity contribution is 5.92. The monoisotopic (exact) mass is 302 g/mol. The second-order valence-electron chi connectivity index (χ2n) is 4.89. The maximum absolute atomic E-state index is 13.5. The van der Waals surface area contributed by atoms with Crippen molar-refractivity contribution in [3.63, 3.8) is 0 Å². The summed E-state index contributed by atoms with van der Waals surface area (Å²) in [5, 5.41) is 0. The van der Waals surface area contributed by atoms with E-state index in [1.807, 2.05) is 0 Å². The van der Waals surface area contributed by atoms with Crippen LogP contribution in [0.4, 0.5) is 4.39 Å². The summed E-state index contributed by atoms with van der Waals surface area (Å²) in [6.45, 7) is 2.58. The minimum Gasteiger partial charge on any atom is -0.493 e. The highest BCUT2D eigenvalue weighted by Gasteiger charge is 2.17. The third-order valence-corrected chi connectivity index (χ3v) is 3.36. The molecule has 0 heterocycles. The second-order valence-corrected chi connectivity index (χ2v) is 4.89. The van der Waals surface area contributed by atoms with Crippen molar-refractivity contribution in [1.82, 2.24) is 0 Å². The molecule has 0 fully saturated rings. The van der Waals surface area contributed by atoms with Gasteiger partial charge in [0, 0.05) is 11.1 Å². The molecule has 116 valence electrons. The number of ether oxygens (including phenoxy) is 2. The summed E-state index contributed by atoms with van der Waals surface area (Å²) in [6, 6.07) is 9.44. The Kier molecular flexibility index (Phi) is 5.53. The number of unbranched alkanes of at least 4 members (excludes halogenated alkanes) is 1. The fourth-order valence-electron chi connectivity index (χ4n) is 2.24. The van der Waals surface area contributed by atoms with Gasteiger partial charge < -0.3 is 9.47 Å². The number of hydrogen-bond acceptors (Lipinski definition) is 3. The van der Waals surface area contributed by atoms with Gasteiger partial charge in [-0.3, -0.25) is 4.79 Å². The van der Waals surface area contributed by atoms with Crippen LogP contribution in [0.2, 0.25) is 0 Å². The number of hydrogen-bond donors (Lipinski definition) is 0. The Balaban J connectivity index is 2.58. The summed E-state index contributed by atoms with van der Waals surface area (Å²) in [6.07, 6.45) is 2.62. The van der Waals surface area contributed by atoms with Crippen molar-refractivity contribution in [2.75, 3.05) is 13.7 Å². The van der Waals surface area contributed by atoms with Crippen molar-refractivity contribution in [3.05, 3.63) is 47.8 Å². The molecule has 22 heavy (non-hydrogen) atoms. The van der Waals surface area contributed by atoms with Crippen LogP contribution in [-0.2, 0) is 0 Å². The predicted molar refractivity (Wildman–Crippen MR) is 84.2 cm³/mol. The Hall–Kier alpha value is -2.36. The van der Waals surface area contributed by atoms with E-state index in [-0.39, 0.29) is 5.82 Å². The fraction of sp³-hybridized carbons (Fsp3) is 0.278. The Bertz CT molecular complexity index is 653. The molecule has 0 atom stereocenters. The predicted octanol–water partition coefficient (Wildman–Crippen LogP) is 4.49. The first kappa shape index (κ1) is 16.0. The SMILES string of the molecule is CCCCOc1c(OC)ccc(C=O)c1-c1cccc(F)c1. The van der Waals surface area contributed by atoms with Crippen molar-refractivity contribution < 1.29 is 18.7 Å². The van der Waals surface area contributed by atoms with Gasteiger partial charge in [0.1, 0.15) is 5.82 Å². The summed E-state index contributed by atoms with van der Waals surface area (Å²) in [5.41, 5.74) is 1.59. The van der Waals surface area contributed by atoms with E-state index in [1.54, 1.807) is 24.3 Å². The lowest BCUT2D eigenvalue weighted by Crippen LogP contribution is -2.03. The van der Waals surface area contributed by atoms with Crippen molar-refractivity contribution in [1.29, 1.82) is 0 Å². The van der Waals surface area contributed by atoms with Crippen LogP contribution in [0, 0.1) is 5.82 Å². The Morgan fingerprint density at radius 2 is 2.05 bits per heavy atom. The van der Waals surface area contributed by atoms with Gasteiger partial charge in [0.25, 0.3) is 0 Å². The molecule has 4 heteroatoms. The highest BCUT2D eigenvalue weighted by Crippen LogP contribution is 2.40. The number of methoxy groups -OCH3 is 1. The number of carbonyl (C=O) groups is 1. The van der Waals surface area contributed by atoms with Gasteiger partial charge in [-0.25, -0.2) is 4.39 Å². The number of carbonyl (C=O) groups excluding carboxylic acids is 1. The van der Waals surface area contributed by atoms with E-state index < -0.39 is 0 Å². The molecule has 0 spiro atoms. The minimum atomic E-state index is -0.364. The molecule has 0 aliphatic carbocycles. The molecule has 2 aromatic rings. The van der Waals surface area contributed by atoms with Gasteiger partial charge in [-0.1, -0.05) is 25.5 Å². The van der Waals surface area contributed by atoms with Crippen molar-refractivity contribution >= 4 is 6.29 Å². The molecule has 0 radical (unpaired) electrons. The zero-order chi connectivity index (χ0) is 15.9. The minimum absolute atomic E-state index is 0.364. The number of benzene rings is 2. The zero-order valence-electron chi connectivity index (χ0n) is 12.8. The van der Waals surface area contributed by atoms with Crippen LogP contribution in [-0.4, -0.2) is 20.0 Å². The van der Waals surface area contributed by atoms with Crippen molar-refractivity contribution in [2.24, 2.45) is 0 Å². The summed E-state index contributed by atoms with van der Waals surface area (Å²) >= 11 is 0. The molecule has 2 aromatic carbocycles. The topological polar surface area (TPSA) is 35.5 Å². The number of halogens is 1. The molecule has 0 saturated heterocycles. The van der Waals surface area contributed by atoms with E-state index in [0.29, 0.717) is 34.8 Å². The van der Waals surface area contributed by atoms with E-state index >= 15 is 0 Å². The lowest BCUT2D eigenvalue weighted by molar-refractivity contribution is 0.112. The molecular weight excluding hydrogens is 283 g/mol. The molecule has 3 nitrogen and oxygen atoms in total. The van der Waals surface area contributed by atoms with Gasteiger partial charge in [-0.05, 0) is 36.2 Å². The molecule has 0 N–H and O–H groups in total. The molecule has 0 saturated carbocycles. The third kappa shape index (κ3) is 3.45. The first-order valence-electron chi connectivity index (χ1n) is 7.26. The van der Waals surface area contributed by atoms with Crippen LogP contribution in [0.25, 0.3) is 11.1 Å². The van der Waals surface area contributed by atoms with Crippen LogP contribution in [0.3, 0.4) is 0 Å². The summed E-state index contributed by atoms with van der Waals surface area (Å²) in [4.78, 5) is 11.4. The molecule has 0 bridgehead atoms. The van der Waals surface area contributed by atoms with Gasteiger partial charge in [0.2, 0.25) is 0 Å². The standard InChI is InChI=1S/C18H19FO3/c1-3-4-10-22-18-16(21-2)9-8-14(12-20)17(18)13-6-5-7-15(19)11-13/h5-9,11-12H,3-4,10H2,1-2H3. The largest absolute Gasteiger partial charge is 0.493 e. The van der Waals surface area contributed by atoms with E-state index in [1.165, 1.54) is 19.2 Å². The van der Waals surface area contributed by atoms with E-state index in [9.17, 15) is 9.18 Å². The lowest BCUT2D eigenvalue weighted by atomic mass is 9.98. The Morgan fingerprint density at radius 1 is 1.23 bits per heavy atom. The first-order valence-corrected chi connectivity index (χ1v) is 7.26. The third-order valence-electron chi connectivity index (χ3n) is 3.36. The average molecular weight is 302 g/mol. The van der Waals surface area contributed by atoms with Gasteiger partial charge in [-0.15, -0.1) is 0 Å². The molecule has 0 aliphatic rings. The van der Waals surface area contributed by atoms with Gasteiger partial charge in [0.15, 0.2) is 17.8 Å². The quantitative estimate of drug-likeness (QED) is 0.558. The average Bonchev–Trinajstić information content (AvgIpc) is 2.54. The zero-order valence-corrected chi connectivity index (χ0v) is 12.8. The Morgan fingerprint density at radius 3 is 2.68 bits per heavy atom. The first-order chi connectivity index (χ1) is 10.7. The van der Waals surface area contributed by atoms with Gasteiger partial charge in [0.05, 0.1) is 13.7 Å². The van der Waals surface area contributed by atoms with Crippen LogP contribution < -0.4 is 9.47 Å². The summed E-state index contributed by atoms with van der Waals surface area (Å²) < 4.78 is 24.7. The van der Waals surface area contributed by atoms with Crippen LogP contribution in [0.1, 0.15) is 30.1 Å². The molecule has 0 aromatic heterocycles. The lowest BCUT2D eigenvalue weighted by Gasteiger charge is -2.17. The van der Waals surface area contributed by atoms with Gasteiger partial charge in [-0.2, -0.15) is 0 Å². The Labute approximate surface area is 129 Å². The van der Waals surface area contributed by atoms with Crippen LogP contribution in [0.5, 0.6) is 11.5 Å². The maximum Gasteiger partial charge on any atom is 0.169 e. The fourth-order valence-corrected chi connectivity index (χ4v) is 2.24. The molecule has 0 amide bonds. The number of rotatable bonds is 7. The van der Waals surface area contributed by atoms with Crippen molar-refractivity contribution in [2.45, 2.75) is 19.8 Å². The molecule has 0 aliphatic heterocycles. The highest BCUT2D eigenvalue weighted by atomic mass is 19.1. The van der Waals surface area contributed by atoms with E-state index in [4.69, 9.17) is 9.47 Å². The summed E-state index contributed by atoms with van der Waals surface area (Å²) in [5.74, 6) is 0.642. The normalized spacial score (nSPS) is 10.3. The van der Waals surface area contributed by atoms with E-state index in [0.717, 1.165) is 19.1 Å². The number of aldehydes is 1. The molecule has 2 rings (SSSR count). The summed E-state index contributed by atoms with van der Waals surface area (Å²) in [7, 11) is 1.54. The smallest absolute Gasteiger partial charge is 0.169 e. The second kappa shape index (κ2) is 7.59. The van der Waals surface area contributed by atoms with Crippen molar-refractivity contribution in [3.8, 4) is 22.6 Å². The van der Waals surface area contributed by atoms with Crippen LogP contribution >= 0.6 is 0 Å². The maximum atomic E-state index is 13.5. The molecular formula is C18H19FO3. The van der Waals surface area contributed by atoms with Gasteiger partial charge >= 0.3 is 0 Å².